The number of ether oxygens (including phenoxy) is 2. The second-order valence-corrected chi connectivity index (χ2v) is 12.8. The number of nitrogens with zero attached hydrogens (tertiary/aromatic N) is 2. The second-order valence-electron chi connectivity index (χ2n) is 9.56. The Labute approximate surface area is 252 Å². The Kier molecular flexibility index (Phi) is 8.19. The Bertz CT molecular complexity index is 1740. The van der Waals surface area contributed by atoms with E-state index in [9.17, 15) is 22.8 Å². The topological polar surface area (TPSA) is 136 Å². The van der Waals surface area contributed by atoms with E-state index in [1.165, 1.54) is 31.4 Å². The van der Waals surface area contributed by atoms with Crippen molar-refractivity contribution in [1.82, 2.24) is 4.90 Å². The molecule has 3 aromatic rings. The van der Waals surface area contributed by atoms with Gasteiger partial charge in [0.25, 0.3) is 11.8 Å². The molecule has 2 saturated heterocycles. The fourth-order valence-electron chi connectivity index (χ4n) is 4.51. The molecule has 2 N–H and O–H groups in total. The third-order valence-corrected chi connectivity index (χ3v) is 8.94. The van der Waals surface area contributed by atoms with Crippen LogP contribution in [0.15, 0.2) is 76.5 Å². The van der Waals surface area contributed by atoms with Crippen molar-refractivity contribution in [2.24, 2.45) is 5.14 Å². The molecule has 216 valence electrons. The molecule has 3 aromatic carbocycles. The summed E-state index contributed by atoms with van der Waals surface area (Å²) in [5.41, 5.74) is 2.98. The fourth-order valence-corrected chi connectivity index (χ4v) is 6.38. The van der Waals surface area contributed by atoms with Gasteiger partial charge in [-0.25, -0.2) is 18.5 Å². The molecule has 10 nitrogen and oxygen atoms in total. The maximum atomic E-state index is 13.4. The molecule has 42 heavy (non-hydrogen) atoms. The van der Waals surface area contributed by atoms with Crippen LogP contribution in [-0.4, -0.2) is 48.5 Å². The number of nitrogens with two attached hydrogens (primary N) is 1. The van der Waals surface area contributed by atoms with Crippen molar-refractivity contribution in [3.8, 4) is 11.5 Å². The number of methoxy groups -OCH3 is 1. The number of benzene rings is 3. The number of thiocarbonyl (C=S) groups is 1. The lowest BCUT2D eigenvalue weighted by Gasteiger charge is -2.21. The molecule has 13 heteroatoms. The van der Waals surface area contributed by atoms with Crippen molar-refractivity contribution in [2.45, 2.75) is 30.9 Å². The minimum atomic E-state index is -3.95. The van der Waals surface area contributed by atoms with Gasteiger partial charge in [0, 0.05) is 0 Å². The van der Waals surface area contributed by atoms with E-state index in [2.05, 4.69) is 0 Å². The monoisotopic (exact) mass is 623 g/mol. The lowest BCUT2D eigenvalue weighted by atomic mass is 10.1. The van der Waals surface area contributed by atoms with Crippen LogP contribution in [-0.2, 0) is 31.0 Å². The van der Waals surface area contributed by atoms with Gasteiger partial charge >= 0.3 is 0 Å². The first-order valence-electron chi connectivity index (χ1n) is 12.6. The number of rotatable bonds is 8. The van der Waals surface area contributed by atoms with Crippen molar-refractivity contribution in [3.63, 3.8) is 0 Å². The van der Waals surface area contributed by atoms with Crippen LogP contribution in [0.2, 0.25) is 0 Å². The number of aryl methyl sites for hydroxylation is 1. The molecule has 0 aliphatic carbocycles. The zero-order valence-electron chi connectivity index (χ0n) is 22.5. The maximum Gasteiger partial charge on any atom is 0.266 e. The highest BCUT2D eigenvalue weighted by atomic mass is 32.2. The van der Waals surface area contributed by atoms with Gasteiger partial charge in [-0.15, -0.1) is 0 Å². The van der Waals surface area contributed by atoms with Gasteiger partial charge in [0.2, 0.25) is 15.9 Å². The highest BCUT2D eigenvalue weighted by Gasteiger charge is 2.49. The van der Waals surface area contributed by atoms with Gasteiger partial charge in [0.05, 0.1) is 29.0 Å². The third-order valence-electron chi connectivity index (χ3n) is 6.68. The van der Waals surface area contributed by atoms with E-state index >= 15 is 0 Å². The van der Waals surface area contributed by atoms with Crippen LogP contribution < -0.4 is 19.5 Å². The SMILES string of the molecule is COc1cc(/C=C2\SC(=S)N(C3CC(=O)N(c4ccc(S(N)(=O)=O)cc4)C3=O)C2=O)ccc1OCc1ccc(C)cc1. The van der Waals surface area contributed by atoms with Crippen LogP contribution in [0.5, 0.6) is 11.5 Å². The van der Waals surface area contributed by atoms with Crippen molar-refractivity contribution >= 4 is 67.8 Å². The molecule has 0 bridgehead atoms. The molecule has 2 aliphatic heterocycles. The van der Waals surface area contributed by atoms with Crippen molar-refractivity contribution < 1.29 is 32.3 Å². The Hall–Kier alpha value is -4.04. The Morgan fingerprint density at radius 2 is 1.71 bits per heavy atom. The van der Waals surface area contributed by atoms with Gasteiger partial charge in [0.15, 0.2) is 11.5 Å². The molecule has 3 amide bonds. The number of amides is 3. The minimum Gasteiger partial charge on any atom is -0.493 e. The predicted octanol–water partition coefficient (Wildman–Crippen LogP) is 3.76. The van der Waals surface area contributed by atoms with E-state index in [4.69, 9.17) is 26.8 Å². The highest BCUT2D eigenvalue weighted by molar-refractivity contribution is 8.26. The van der Waals surface area contributed by atoms with Crippen LogP contribution in [0.3, 0.4) is 0 Å². The molecule has 0 radical (unpaired) electrons. The van der Waals surface area contributed by atoms with E-state index in [1.807, 2.05) is 31.2 Å². The quantitative estimate of drug-likeness (QED) is 0.226. The van der Waals surface area contributed by atoms with Crippen LogP contribution >= 0.6 is 24.0 Å². The van der Waals surface area contributed by atoms with Gasteiger partial charge < -0.3 is 9.47 Å². The molecule has 5 rings (SSSR count). The smallest absolute Gasteiger partial charge is 0.266 e. The molecule has 0 aromatic heterocycles. The number of primary sulfonamides is 1. The lowest BCUT2D eigenvalue weighted by Crippen LogP contribution is -2.44. The van der Waals surface area contributed by atoms with Crippen LogP contribution in [0.4, 0.5) is 5.69 Å². The summed E-state index contributed by atoms with van der Waals surface area (Å²) < 4.78 is 34.7. The molecule has 2 fully saturated rings. The molecule has 2 heterocycles. The van der Waals surface area contributed by atoms with Crippen LogP contribution in [0.25, 0.3) is 6.08 Å². The summed E-state index contributed by atoms with van der Waals surface area (Å²) >= 11 is 6.46. The Morgan fingerprint density at radius 3 is 2.36 bits per heavy atom. The average molecular weight is 624 g/mol. The molecular formula is C29H25N3O7S3. The lowest BCUT2D eigenvalue weighted by molar-refractivity contribution is -0.129. The standard InChI is InChI=1S/C29H25N3O7S3/c1-17-3-5-18(6-4-17)16-39-23-12-7-19(13-24(23)38-2)14-25-28(35)32(29(40)41-25)22-15-26(33)31(27(22)34)20-8-10-21(11-9-20)42(30,36)37/h3-14,22H,15-16H2,1-2H3,(H2,30,36,37)/b25-14-. The largest absolute Gasteiger partial charge is 0.493 e. The zero-order chi connectivity index (χ0) is 30.2. The second kappa shape index (κ2) is 11.7. The van der Waals surface area contributed by atoms with Crippen molar-refractivity contribution in [1.29, 1.82) is 0 Å². The summed E-state index contributed by atoms with van der Waals surface area (Å²) in [6, 6.07) is 17.2. The minimum absolute atomic E-state index is 0.147. The maximum absolute atomic E-state index is 13.4. The van der Waals surface area contributed by atoms with Gasteiger partial charge in [-0.3, -0.25) is 19.3 Å². The summed E-state index contributed by atoms with van der Waals surface area (Å²) in [5, 5.41) is 5.13. The first-order chi connectivity index (χ1) is 20.0. The average Bonchev–Trinajstić information content (AvgIpc) is 3.40. The first-order valence-corrected chi connectivity index (χ1v) is 15.4. The van der Waals surface area contributed by atoms with Crippen molar-refractivity contribution in [2.75, 3.05) is 12.0 Å². The number of hydrogen-bond donors (Lipinski definition) is 1. The fraction of sp³-hybridized carbons (Fsp3) is 0.172. The van der Waals surface area contributed by atoms with Gasteiger partial charge in [-0.05, 0) is 60.5 Å². The predicted molar refractivity (Wildman–Crippen MR) is 162 cm³/mol. The van der Waals surface area contributed by atoms with Crippen LogP contribution in [0.1, 0.15) is 23.1 Å². The normalized spacial score (nSPS) is 18.4. The molecular weight excluding hydrogens is 599 g/mol. The number of sulfonamides is 1. The van der Waals surface area contributed by atoms with E-state index in [0.717, 1.165) is 32.7 Å². The zero-order valence-corrected chi connectivity index (χ0v) is 24.9. The summed E-state index contributed by atoms with van der Waals surface area (Å²) in [6.45, 7) is 2.37. The van der Waals surface area contributed by atoms with E-state index in [-0.39, 0.29) is 26.2 Å². The molecule has 0 saturated carbocycles. The number of hydrogen-bond acceptors (Lipinski definition) is 9. The number of imide groups is 1. The molecule has 0 spiro atoms. The van der Waals surface area contributed by atoms with Gasteiger partial charge in [0.1, 0.15) is 17.0 Å². The van der Waals surface area contributed by atoms with Gasteiger partial charge in [-0.1, -0.05) is 59.9 Å². The summed E-state index contributed by atoms with van der Waals surface area (Å²) in [6.07, 6.45) is 1.37. The van der Waals surface area contributed by atoms with Crippen molar-refractivity contribution in [3.05, 3.63) is 88.3 Å². The first kappa shape index (κ1) is 29.5. The number of carbonyl (C=O) groups is 3. The Balaban J connectivity index is 1.32. The molecule has 1 unspecified atom stereocenters. The van der Waals surface area contributed by atoms with E-state index in [1.54, 1.807) is 24.3 Å². The van der Waals surface area contributed by atoms with Crippen LogP contribution in [0, 0.1) is 6.92 Å². The van der Waals surface area contributed by atoms with Gasteiger partial charge in [-0.2, -0.15) is 0 Å². The summed E-state index contributed by atoms with van der Waals surface area (Å²) in [7, 11) is -2.42. The third kappa shape index (κ3) is 5.95. The Morgan fingerprint density at radius 1 is 1.02 bits per heavy atom. The number of thioether (sulfide) groups is 1. The van der Waals surface area contributed by atoms with E-state index in [0.29, 0.717) is 23.7 Å². The molecule has 2 aliphatic rings. The summed E-state index contributed by atoms with van der Waals surface area (Å²) in [4.78, 5) is 41.7. The number of carbonyl (C=O) groups excluding carboxylic acids is 3. The highest BCUT2D eigenvalue weighted by Crippen LogP contribution is 2.38. The molecule has 1 atom stereocenters. The number of anilines is 1. The van der Waals surface area contributed by atoms with E-state index < -0.39 is 33.8 Å². The summed E-state index contributed by atoms with van der Waals surface area (Å²) in [5.74, 6) is -0.668.